The maximum absolute atomic E-state index is 12.8. The van der Waals surface area contributed by atoms with Crippen molar-refractivity contribution in [2.45, 2.75) is 36.6 Å². The van der Waals surface area contributed by atoms with E-state index >= 15 is 0 Å². The van der Waals surface area contributed by atoms with Crippen LogP contribution in [-0.4, -0.2) is 16.1 Å². The van der Waals surface area contributed by atoms with Crippen LogP contribution < -0.4 is 0 Å². The predicted molar refractivity (Wildman–Crippen MR) is 127 cm³/mol. The molecule has 0 bridgehead atoms. The molecule has 0 unspecified atom stereocenters. The Morgan fingerprint density at radius 1 is 1.06 bits per heavy atom. The molecule has 3 aromatic carbocycles. The molecular formula is C25H20F3NO2S2. The number of carboxylic acids is 1. The second kappa shape index (κ2) is 9.57. The lowest BCUT2D eigenvalue weighted by Gasteiger charge is -2.08. The third-order valence-electron chi connectivity index (χ3n) is 5.24. The van der Waals surface area contributed by atoms with Crippen LogP contribution in [0.5, 0.6) is 0 Å². The van der Waals surface area contributed by atoms with Gasteiger partial charge in [0.05, 0.1) is 15.8 Å². The van der Waals surface area contributed by atoms with Gasteiger partial charge in [0.2, 0.25) is 0 Å². The fourth-order valence-electron chi connectivity index (χ4n) is 3.43. The van der Waals surface area contributed by atoms with E-state index in [1.165, 1.54) is 23.5 Å². The van der Waals surface area contributed by atoms with E-state index in [-0.39, 0.29) is 6.42 Å². The van der Waals surface area contributed by atoms with E-state index in [1.807, 2.05) is 37.3 Å². The van der Waals surface area contributed by atoms with Crippen molar-refractivity contribution < 1.29 is 23.1 Å². The van der Waals surface area contributed by atoms with Crippen LogP contribution >= 0.6 is 23.1 Å². The van der Waals surface area contributed by atoms with E-state index in [2.05, 4.69) is 11.1 Å². The highest BCUT2D eigenvalue weighted by molar-refractivity contribution is 7.98. The number of nitrogens with zero attached hydrogens (tertiary/aromatic N) is 1. The minimum absolute atomic E-state index is 0.120. The Morgan fingerprint density at radius 3 is 2.48 bits per heavy atom. The number of aryl methyl sites for hydroxylation is 2. The van der Waals surface area contributed by atoms with Gasteiger partial charge in [-0.05, 0) is 66.4 Å². The average molecular weight is 488 g/mol. The van der Waals surface area contributed by atoms with Gasteiger partial charge >= 0.3 is 12.1 Å². The zero-order valence-corrected chi connectivity index (χ0v) is 19.3. The number of carboxylic acid groups (broad SMARTS) is 1. The second-order valence-electron chi connectivity index (χ2n) is 7.67. The first-order valence-corrected chi connectivity index (χ1v) is 12.0. The van der Waals surface area contributed by atoms with Crippen LogP contribution in [0.1, 0.15) is 28.7 Å². The Morgan fingerprint density at radius 2 is 1.82 bits per heavy atom. The zero-order valence-electron chi connectivity index (χ0n) is 17.6. The number of thioether (sulfide) groups is 1. The third-order valence-corrected chi connectivity index (χ3v) is 7.39. The number of alkyl halides is 3. The molecule has 0 aliphatic heterocycles. The van der Waals surface area contributed by atoms with Crippen molar-refractivity contribution in [1.29, 1.82) is 0 Å². The Labute approximate surface area is 197 Å². The molecule has 33 heavy (non-hydrogen) atoms. The largest absolute Gasteiger partial charge is 0.481 e. The van der Waals surface area contributed by atoms with Gasteiger partial charge in [-0.1, -0.05) is 24.3 Å². The molecule has 0 saturated carbocycles. The van der Waals surface area contributed by atoms with Crippen molar-refractivity contribution in [2.75, 3.05) is 0 Å². The number of halogens is 3. The lowest BCUT2D eigenvalue weighted by molar-refractivity contribution is -0.138. The maximum atomic E-state index is 12.8. The number of hydrogen-bond donors (Lipinski definition) is 1. The van der Waals surface area contributed by atoms with E-state index < -0.39 is 17.7 Å². The van der Waals surface area contributed by atoms with Gasteiger partial charge in [0.15, 0.2) is 0 Å². The van der Waals surface area contributed by atoms with E-state index in [0.717, 1.165) is 49.7 Å². The summed E-state index contributed by atoms with van der Waals surface area (Å²) >= 11 is 3.15. The number of thiazole rings is 1. The molecule has 1 N–H and O–H groups in total. The van der Waals surface area contributed by atoms with Crippen LogP contribution in [0.2, 0.25) is 0 Å². The summed E-state index contributed by atoms with van der Waals surface area (Å²) in [5.41, 5.74) is 4.05. The number of hydrogen-bond acceptors (Lipinski definition) is 4. The molecule has 3 nitrogen and oxygen atoms in total. The Bertz CT molecular complexity index is 1300. The molecule has 170 valence electrons. The van der Waals surface area contributed by atoms with Gasteiger partial charge in [-0.2, -0.15) is 13.2 Å². The fourth-order valence-corrected chi connectivity index (χ4v) is 5.32. The molecule has 1 heterocycles. The smallest absolute Gasteiger partial charge is 0.416 e. The Kier molecular flexibility index (Phi) is 6.76. The normalized spacial score (nSPS) is 11.8. The van der Waals surface area contributed by atoms with Gasteiger partial charge in [-0.15, -0.1) is 23.1 Å². The minimum Gasteiger partial charge on any atom is -0.481 e. The summed E-state index contributed by atoms with van der Waals surface area (Å²) in [5, 5.41) is 9.55. The van der Waals surface area contributed by atoms with Crippen LogP contribution in [-0.2, 0) is 23.1 Å². The van der Waals surface area contributed by atoms with E-state index in [1.54, 1.807) is 11.8 Å². The number of benzene rings is 3. The molecule has 0 aliphatic carbocycles. The molecule has 0 aliphatic rings. The summed E-state index contributed by atoms with van der Waals surface area (Å²) in [6, 6.07) is 17.2. The van der Waals surface area contributed by atoms with Crippen molar-refractivity contribution in [3.05, 3.63) is 82.9 Å². The monoisotopic (exact) mass is 487 g/mol. The summed E-state index contributed by atoms with van der Waals surface area (Å²) in [7, 11) is 0. The number of carbonyl (C=O) groups is 1. The molecular weight excluding hydrogens is 467 g/mol. The Hall–Kier alpha value is -2.84. The molecule has 1 aromatic heterocycles. The van der Waals surface area contributed by atoms with Crippen LogP contribution in [0.4, 0.5) is 13.2 Å². The first-order valence-electron chi connectivity index (χ1n) is 10.2. The molecule has 8 heteroatoms. The van der Waals surface area contributed by atoms with E-state index in [9.17, 15) is 18.0 Å². The van der Waals surface area contributed by atoms with Crippen LogP contribution in [0, 0.1) is 6.92 Å². The summed E-state index contributed by atoms with van der Waals surface area (Å²) in [6.45, 7) is 1.99. The lowest BCUT2D eigenvalue weighted by atomic mass is 10.0. The molecule has 0 radical (unpaired) electrons. The molecule has 4 rings (SSSR count). The van der Waals surface area contributed by atoms with Crippen molar-refractivity contribution in [3.63, 3.8) is 0 Å². The number of aliphatic carboxylic acids is 1. The zero-order chi connectivity index (χ0) is 23.6. The average Bonchev–Trinajstić information content (AvgIpc) is 3.20. The number of rotatable bonds is 7. The first kappa shape index (κ1) is 23.3. The minimum atomic E-state index is -4.35. The molecule has 4 aromatic rings. The summed E-state index contributed by atoms with van der Waals surface area (Å²) in [6.07, 6.45) is -3.71. The maximum Gasteiger partial charge on any atom is 0.416 e. The van der Waals surface area contributed by atoms with Crippen molar-refractivity contribution in [2.24, 2.45) is 0 Å². The molecule has 0 saturated heterocycles. The van der Waals surface area contributed by atoms with Gasteiger partial charge in [0.1, 0.15) is 5.01 Å². The quantitative estimate of drug-likeness (QED) is 0.273. The van der Waals surface area contributed by atoms with E-state index in [0.29, 0.717) is 17.0 Å². The Balaban J connectivity index is 1.45. The fraction of sp³-hybridized carbons (Fsp3) is 0.200. The highest BCUT2D eigenvalue weighted by Gasteiger charge is 2.30. The third kappa shape index (κ3) is 5.75. The highest BCUT2D eigenvalue weighted by atomic mass is 32.2. The molecule has 0 spiro atoms. The SMILES string of the molecule is Cc1cc(SCc2ccc3sc(-c4ccc(C(F)(F)F)cc4)nc3c2)ccc1CCC(=O)O. The second-order valence-corrected chi connectivity index (χ2v) is 9.75. The topological polar surface area (TPSA) is 50.2 Å². The molecule has 0 fully saturated rings. The van der Waals surface area contributed by atoms with E-state index in [4.69, 9.17) is 5.11 Å². The number of fused-ring (bicyclic) bond motifs is 1. The van der Waals surface area contributed by atoms with Gasteiger partial charge in [-0.3, -0.25) is 4.79 Å². The standard InChI is InChI=1S/C25H20F3NO2S2/c1-15-12-20(9-5-17(15)6-11-23(30)31)32-14-16-2-10-22-21(13-16)29-24(33-22)18-3-7-19(8-4-18)25(26,27)28/h2-5,7-10,12-13H,6,11,14H2,1H3,(H,30,31). The highest BCUT2D eigenvalue weighted by Crippen LogP contribution is 2.35. The van der Waals surface area contributed by atoms with Crippen molar-refractivity contribution in [3.8, 4) is 10.6 Å². The van der Waals surface area contributed by atoms with Gasteiger partial charge in [0.25, 0.3) is 0 Å². The van der Waals surface area contributed by atoms with Crippen LogP contribution in [0.15, 0.2) is 65.6 Å². The molecule has 0 atom stereocenters. The van der Waals surface area contributed by atoms with Crippen LogP contribution in [0.25, 0.3) is 20.8 Å². The van der Waals surface area contributed by atoms with Gasteiger partial charge in [-0.25, -0.2) is 4.98 Å². The summed E-state index contributed by atoms with van der Waals surface area (Å²) in [4.78, 5) is 16.5. The van der Waals surface area contributed by atoms with Crippen molar-refractivity contribution in [1.82, 2.24) is 4.98 Å². The number of aromatic nitrogens is 1. The van der Waals surface area contributed by atoms with Gasteiger partial charge < -0.3 is 5.11 Å². The summed E-state index contributed by atoms with van der Waals surface area (Å²) < 4.78 is 39.4. The van der Waals surface area contributed by atoms with Crippen molar-refractivity contribution >= 4 is 39.3 Å². The lowest BCUT2D eigenvalue weighted by Crippen LogP contribution is -2.03. The summed E-state index contributed by atoms with van der Waals surface area (Å²) in [5.74, 6) is -0.0523. The first-order chi connectivity index (χ1) is 15.7. The van der Waals surface area contributed by atoms with Gasteiger partial charge in [0, 0.05) is 22.6 Å². The predicted octanol–water partition coefficient (Wildman–Crippen LogP) is 7.60. The van der Waals surface area contributed by atoms with Crippen LogP contribution in [0.3, 0.4) is 0 Å². The molecule has 0 amide bonds.